The lowest BCUT2D eigenvalue weighted by Crippen LogP contribution is -2.42. The highest BCUT2D eigenvalue weighted by Gasteiger charge is 2.35. The number of aromatic nitrogens is 4. The van der Waals surface area contributed by atoms with Crippen LogP contribution >= 0.6 is 0 Å². The third-order valence-corrected chi connectivity index (χ3v) is 6.82. The second-order valence-electron chi connectivity index (χ2n) is 9.85. The van der Waals surface area contributed by atoms with E-state index in [1.165, 1.54) is 0 Å². The van der Waals surface area contributed by atoms with Crippen LogP contribution in [0.3, 0.4) is 0 Å². The Kier molecular flexibility index (Phi) is 8.28. The first kappa shape index (κ1) is 26.1. The van der Waals surface area contributed by atoms with Crippen molar-refractivity contribution in [2.24, 2.45) is 0 Å². The van der Waals surface area contributed by atoms with E-state index in [1.807, 2.05) is 15.8 Å². The van der Waals surface area contributed by atoms with Crippen LogP contribution in [0.5, 0.6) is 5.75 Å². The molecule has 3 aromatic rings. The van der Waals surface area contributed by atoms with E-state index in [9.17, 15) is 5.11 Å². The standard InChI is InChI=1S/C26H39N7O3/c1-5-6-10-32(11-12-34)24-23-20(29-25(27)30-24)17-33(31-23)16-19-8-7-18(14-21(19)35-4)15-28-22-9-13-36-26(22,2)3/h7-8,14,17,22,28,34H,5-6,9-13,15-16H2,1-4H3,(H2,27,29). The van der Waals surface area contributed by atoms with Crippen molar-refractivity contribution in [2.75, 3.05) is 44.0 Å². The largest absolute Gasteiger partial charge is 0.496 e. The number of nitrogen functional groups attached to an aromatic ring is 1. The smallest absolute Gasteiger partial charge is 0.222 e. The van der Waals surface area contributed by atoms with Crippen molar-refractivity contribution in [1.29, 1.82) is 0 Å². The zero-order valence-electron chi connectivity index (χ0n) is 21.8. The SMILES string of the molecule is CCCCN(CCO)c1nc(N)nc2cn(Cc3ccc(CNC4CCOC4(C)C)cc3OC)nc12. The van der Waals surface area contributed by atoms with Crippen molar-refractivity contribution >= 4 is 22.8 Å². The number of aliphatic hydroxyl groups is 1. The van der Waals surface area contributed by atoms with E-state index in [1.54, 1.807) is 7.11 Å². The van der Waals surface area contributed by atoms with E-state index >= 15 is 0 Å². The van der Waals surface area contributed by atoms with Crippen molar-refractivity contribution in [2.45, 2.75) is 64.8 Å². The third kappa shape index (κ3) is 5.88. The summed E-state index contributed by atoms with van der Waals surface area (Å²) >= 11 is 0. The van der Waals surface area contributed by atoms with Gasteiger partial charge in [0.2, 0.25) is 5.95 Å². The minimum atomic E-state index is -0.152. The summed E-state index contributed by atoms with van der Waals surface area (Å²) in [4.78, 5) is 10.9. The summed E-state index contributed by atoms with van der Waals surface area (Å²) < 4.78 is 13.4. The van der Waals surface area contributed by atoms with E-state index in [-0.39, 0.29) is 18.2 Å². The summed E-state index contributed by atoms with van der Waals surface area (Å²) in [7, 11) is 1.69. The van der Waals surface area contributed by atoms with Crippen LogP contribution in [-0.4, -0.2) is 69.9 Å². The minimum Gasteiger partial charge on any atom is -0.496 e. The zero-order chi connectivity index (χ0) is 25.7. The van der Waals surface area contributed by atoms with Crippen LogP contribution in [0.4, 0.5) is 11.8 Å². The number of nitrogens with one attached hydrogen (secondary N) is 1. The Morgan fingerprint density at radius 3 is 2.83 bits per heavy atom. The average molecular weight is 498 g/mol. The van der Waals surface area contributed by atoms with Crippen molar-refractivity contribution in [3.63, 3.8) is 0 Å². The van der Waals surface area contributed by atoms with Gasteiger partial charge in [-0.15, -0.1) is 0 Å². The zero-order valence-corrected chi connectivity index (χ0v) is 21.8. The van der Waals surface area contributed by atoms with Gasteiger partial charge in [0.1, 0.15) is 11.3 Å². The van der Waals surface area contributed by atoms with Crippen LogP contribution < -0.4 is 20.7 Å². The van der Waals surface area contributed by atoms with Crippen molar-refractivity contribution in [3.05, 3.63) is 35.5 Å². The number of aliphatic hydroxyl groups excluding tert-OH is 1. The van der Waals surface area contributed by atoms with E-state index < -0.39 is 0 Å². The van der Waals surface area contributed by atoms with Gasteiger partial charge in [0.05, 0.1) is 32.1 Å². The highest BCUT2D eigenvalue weighted by atomic mass is 16.5. The molecule has 36 heavy (non-hydrogen) atoms. The van der Waals surface area contributed by atoms with Gasteiger partial charge in [-0.2, -0.15) is 10.1 Å². The average Bonchev–Trinajstić information content (AvgIpc) is 3.41. The Labute approximate surface area is 212 Å². The van der Waals surface area contributed by atoms with Crippen LogP contribution in [0.15, 0.2) is 24.4 Å². The number of hydrogen-bond donors (Lipinski definition) is 3. The Morgan fingerprint density at radius 2 is 2.14 bits per heavy atom. The van der Waals surface area contributed by atoms with Gasteiger partial charge in [0.15, 0.2) is 11.3 Å². The molecular formula is C26H39N7O3. The lowest BCUT2D eigenvalue weighted by atomic mass is 9.98. The number of nitrogens with zero attached hydrogens (tertiary/aromatic N) is 5. The summed E-state index contributed by atoms with van der Waals surface area (Å²) in [6.07, 6.45) is 4.91. The number of unbranched alkanes of at least 4 members (excludes halogenated alkanes) is 1. The molecule has 0 spiro atoms. The second-order valence-corrected chi connectivity index (χ2v) is 9.85. The molecule has 2 aromatic heterocycles. The molecule has 0 aliphatic carbocycles. The van der Waals surface area contributed by atoms with Gasteiger partial charge in [-0.3, -0.25) is 4.68 Å². The number of ether oxygens (including phenoxy) is 2. The maximum absolute atomic E-state index is 9.58. The number of anilines is 2. The molecule has 0 bridgehead atoms. The fourth-order valence-electron chi connectivity index (χ4n) is 4.74. The Bertz CT molecular complexity index is 1160. The molecule has 10 nitrogen and oxygen atoms in total. The molecule has 1 fully saturated rings. The van der Waals surface area contributed by atoms with Crippen molar-refractivity contribution < 1.29 is 14.6 Å². The molecule has 1 aliphatic heterocycles. The molecule has 3 heterocycles. The first-order chi connectivity index (χ1) is 17.3. The van der Waals surface area contributed by atoms with Gasteiger partial charge < -0.3 is 30.5 Å². The van der Waals surface area contributed by atoms with E-state index in [0.29, 0.717) is 36.0 Å². The summed E-state index contributed by atoms with van der Waals surface area (Å²) in [5.74, 6) is 1.67. The van der Waals surface area contributed by atoms with Crippen molar-refractivity contribution in [3.8, 4) is 5.75 Å². The molecule has 1 saturated heterocycles. The molecule has 10 heteroatoms. The lowest BCUT2D eigenvalue weighted by Gasteiger charge is -2.26. The number of benzene rings is 1. The maximum Gasteiger partial charge on any atom is 0.222 e. The normalized spacial score (nSPS) is 17.1. The molecule has 4 N–H and O–H groups in total. The summed E-state index contributed by atoms with van der Waals surface area (Å²) in [6.45, 7) is 9.71. The Balaban J connectivity index is 1.54. The number of hydrogen-bond acceptors (Lipinski definition) is 9. The van der Waals surface area contributed by atoms with Gasteiger partial charge >= 0.3 is 0 Å². The summed E-state index contributed by atoms with van der Waals surface area (Å²) in [6, 6.07) is 6.60. The molecule has 0 saturated carbocycles. The van der Waals surface area contributed by atoms with Gasteiger partial charge in [-0.05, 0) is 38.3 Å². The van der Waals surface area contributed by atoms with Crippen LogP contribution in [0.2, 0.25) is 0 Å². The van der Waals surface area contributed by atoms with Gasteiger partial charge in [0, 0.05) is 37.8 Å². The highest BCUT2D eigenvalue weighted by Crippen LogP contribution is 2.28. The molecule has 0 amide bonds. The van der Waals surface area contributed by atoms with Crippen LogP contribution in [0, 0.1) is 0 Å². The van der Waals surface area contributed by atoms with E-state index in [0.717, 1.165) is 55.8 Å². The fraction of sp³-hybridized carbons (Fsp3) is 0.577. The van der Waals surface area contributed by atoms with E-state index in [4.69, 9.17) is 20.3 Å². The third-order valence-electron chi connectivity index (χ3n) is 6.82. The predicted octanol–water partition coefficient (Wildman–Crippen LogP) is 2.72. The Morgan fingerprint density at radius 1 is 1.31 bits per heavy atom. The lowest BCUT2D eigenvalue weighted by molar-refractivity contribution is 0.0214. The first-order valence-corrected chi connectivity index (χ1v) is 12.7. The summed E-state index contributed by atoms with van der Waals surface area (Å²) in [5, 5.41) is 18.0. The Hall–Kier alpha value is -2.95. The molecule has 4 rings (SSSR count). The van der Waals surface area contributed by atoms with Crippen molar-refractivity contribution in [1.82, 2.24) is 25.1 Å². The first-order valence-electron chi connectivity index (χ1n) is 12.7. The number of rotatable bonds is 12. The number of nitrogens with two attached hydrogens (primary N) is 1. The maximum atomic E-state index is 9.58. The highest BCUT2D eigenvalue weighted by molar-refractivity contribution is 5.86. The molecule has 196 valence electrons. The molecule has 1 atom stereocenters. The monoisotopic (exact) mass is 497 g/mol. The van der Waals surface area contributed by atoms with Gasteiger partial charge in [-0.1, -0.05) is 25.5 Å². The van der Waals surface area contributed by atoms with Crippen LogP contribution in [-0.2, 0) is 17.8 Å². The topological polar surface area (TPSA) is 124 Å². The van der Waals surface area contributed by atoms with Gasteiger partial charge in [0.25, 0.3) is 0 Å². The number of methoxy groups -OCH3 is 1. The molecular weight excluding hydrogens is 458 g/mol. The molecule has 1 aromatic carbocycles. The number of fused-ring (bicyclic) bond motifs is 1. The molecule has 1 aliphatic rings. The van der Waals surface area contributed by atoms with Crippen LogP contribution in [0.1, 0.15) is 51.2 Å². The quantitative estimate of drug-likeness (QED) is 0.346. The van der Waals surface area contributed by atoms with E-state index in [2.05, 4.69) is 54.3 Å². The second kappa shape index (κ2) is 11.4. The predicted molar refractivity (Wildman–Crippen MR) is 141 cm³/mol. The van der Waals surface area contributed by atoms with Crippen LogP contribution in [0.25, 0.3) is 11.0 Å². The summed E-state index contributed by atoms with van der Waals surface area (Å²) in [5.41, 5.74) is 9.39. The van der Waals surface area contributed by atoms with Gasteiger partial charge in [-0.25, -0.2) is 4.98 Å². The fourth-order valence-corrected chi connectivity index (χ4v) is 4.74. The minimum absolute atomic E-state index is 0.0273. The molecule has 1 unspecified atom stereocenters. The molecule has 0 radical (unpaired) electrons.